The highest BCUT2D eigenvalue weighted by molar-refractivity contribution is 7.84. The summed E-state index contributed by atoms with van der Waals surface area (Å²) < 4.78 is 13.7. The van der Waals surface area contributed by atoms with Crippen molar-refractivity contribution >= 4 is 22.7 Å². The lowest BCUT2D eigenvalue weighted by Gasteiger charge is -2.13. The monoisotopic (exact) mass is 316 g/mol. The number of nitrogens with zero attached hydrogens (tertiary/aromatic N) is 3. The third-order valence-corrected chi connectivity index (χ3v) is 3.84. The smallest absolute Gasteiger partial charge is 0.327 e. The van der Waals surface area contributed by atoms with E-state index < -0.39 is 28.7 Å². The van der Waals surface area contributed by atoms with Gasteiger partial charge in [0, 0.05) is 24.3 Å². The van der Waals surface area contributed by atoms with Crippen molar-refractivity contribution in [2.24, 2.45) is 5.92 Å². The van der Waals surface area contributed by atoms with Crippen LogP contribution in [0.1, 0.15) is 26.6 Å². The van der Waals surface area contributed by atoms with Crippen LogP contribution in [0.15, 0.2) is 6.33 Å². The molecule has 0 aromatic carbocycles. The van der Waals surface area contributed by atoms with E-state index in [1.807, 2.05) is 13.8 Å². The van der Waals surface area contributed by atoms with E-state index in [1.165, 1.54) is 13.3 Å². The van der Waals surface area contributed by atoms with Gasteiger partial charge >= 0.3 is 5.97 Å². The van der Waals surface area contributed by atoms with Crippen LogP contribution in [0, 0.1) is 5.92 Å². The fraction of sp³-hybridized carbons (Fsp3) is 0.667. The molecule has 0 aliphatic carbocycles. The highest BCUT2D eigenvalue weighted by atomic mass is 32.2. The summed E-state index contributed by atoms with van der Waals surface area (Å²) in [7, 11) is -1.46. The van der Waals surface area contributed by atoms with Gasteiger partial charge in [-0.25, -0.2) is 14.5 Å². The van der Waals surface area contributed by atoms with Crippen LogP contribution >= 0.6 is 0 Å². The topological polar surface area (TPSA) is 114 Å². The third-order valence-electron chi connectivity index (χ3n) is 2.55. The van der Waals surface area contributed by atoms with Gasteiger partial charge in [0.15, 0.2) is 0 Å². The molecule has 1 amide bonds. The van der Waals surface area contributed by atoms with E-state index in [2.05, 4.69) is 15.4 Å². The van der Waals surface area contributed by atoms with E-state index >= 15 is 0 Å². The lowest BCUT2D eigenvalue weighted by molar-refractivity contribution is -0.140. The fourth-order valence-corrected chi connectivity index (χ4v) is 2.93. The van der Waals surface area contributed by atoms with Crippen molar-refractivity contribution in [2.75, 3.05) is 5.75 Å². The van der Waals surface area contributed by atoms with Gasteiger partial charge in [-0.2, -0.15) is 5.10 Å². The summed E-state index contributed by atoms with van der Waals surface area (Å²) in [5.74, 6) is -0.817. The second kappa shape index (κ2) is 7.87. The molecule has 118 valence electrons. The molecule has 0 bridgehead atoms. The largest absolute Gasteiger partial charge is 0.480 e. The summed E-state index contributed by atoms with van der Waals surface area (Å²) >= 11 is 0. The minimum absolute atomic E-state index is 0.107. The molecular weight excluding hydrogens is 296 g/mol. The van der Waals surface area contributed by atoms with Crippen LogP contribution < -0.4 is 5.32 Å². The zero-order valence-electron chi connectivity index (χ0n) is 12.3. The Hall–Kier alpha value is -1.77. The molecule has 1 heterocycles. The minimum atomic E-state index is -1.46. The molecule has 0 spiro atoms. The van der Waals surface area contributed by atoms with Crippen molar-refractivity contribution in [1.29, 1.82) is 0 Å². The summed E-state index contributed by atoms with van der Waals surface area (Å²) in [6.07, 6.45) is 1.39. The molecule has 0 aliphatic heterocycles. The number of rotatable bonds is 8. The average Bonchev–Trinajstić information content (AvgIpc) is 2.74. The predicted molar refractivity (Wildman–Crippen MR) is 76.8 cm³/mol. The van der Waals surface area contributed by atoms with E-state index in [0.29, 0.717) is 18.3 Å². The highest BCUT2D eigenvalue weighted by Gasteiger charge is 2.22. The number of aromatic nitrogens is 3. The number of carboxylic acids is 1. The number of aliphatic carboxylic acids is 1. The van der Waals surface area contributed by atoms with Gasteiger partial charge in [-0.3, -0.25) is 9.00 Å². The minimum Gasteiger partial charge on any atom is -0.480 e. The number of amides is 1. The number of carboxylic acid groups (broad SMARTS) is 1. The number of nitrogens with one attached hydrogen (secondary N) is 1. The first-order valence-electron chi connectivity index (χ1n) is 6.51. The molecule has 1 aromatic rings. The predicted octanol–water partition coefficient (Wildman–Crippen LogP) is -0.228. The first-order chi connectivity index (χ1) is 9.79. The first-order valence-corrected chi connectivity index (χ1v) is 8.00. The Bertz CT molecular complexity index is 529. The molecule has 1 rings (SSSR count). The molecule has 0 radical (unpaired) electrons. The normalized spacial score (nSPS) is 13.9. The maximum atomic E-state index is 12.1. The Morgan fingerprint density at radius 1 is 1.48 bits per heavy atom. The maximum Gasteiger partial charge on any atom is 0.327 e. The van der Waals surface area contributed by atoms with Crippen molar-refractivity contribution in [3.8, 4) is 0 Å². The summed E-state index contributed by atoms with van der Waals surface area (Å²) in [6, 6.07) is -1.16. The Balaban J connectivity index is 2.66. The van der Waals surface area contributed by atoms with Crippen LogP contribution in [-0.2, 0) is 32.7 Å². The van der Waals surface area contributed by atoms with Crippen molar-refractivity contribution in [3.05, 3.63) is 12.2 Å². The summed E-state index contributed by atoms with van der Waals surface area (Å²) in [6.45, 7) is 5.93. The van der Waals surface area contributed by atoms with Gasteiger partial charge in [0.25, 0.3) is 0 Å². The molecule has 0 saturated heterocycles. The van der Waals surface area contributed by atoms with Gasteiger partial charge in [-0.1, -0.05) is 13.8 Å². The van der Waals surface area contributed by atoms with Crippen molar-refractivity contribution < 1.29 is 18.9 Å². The fourth-order valence-electron chi connectivity index (χ4n) is 1.71. The SMILES string of the molecule is CC(=O)NC(CS(=O)Cc1ncnn1CC(C)C)C(=O)O. The summed E-state index contributed by atoms with van der Waals surface area (Å²) in [5.41, 5.74) is 0. The third kappa shape index (κ3) is 6.03. The van der Waals surface area contributed by atoms with Gasteiger partial charge in [0.2, 0.25) is 5.91 Å². The molecule has 9 heteroatoms. The zero-order valence-corrected chi connectivity index (χ0v) is 13.1. The van der Waals surface area contributed by atoms with Crippen molar-refractivity contribution in [1.82, 2.24) is 20.1 Å². The van der Waals surface area contributed by atoms with Gasteiger partial charge in [0.1, 0.15) is 18.2 Å². The molecule has 21 heavy (non-hydrogen) atoms. The number of hydrogen-bond donors (Lipinski definition) is 2. The first kappa shape index (κ1) is 17.3. The molecule has 8 nitrogen and oxygen atoms in total. The maximum absolute atomic E-state index is 12.1. The summed E-state index contributed by atoms with van der Waals surface area (Å²) in [5, 5.41) is 15.3. The molecule has 0 saturated carbocycles. The van der Waals surface area contributed by atoms with Crippen molar-refractivity contribution in [2.45, 2.75) is 39.1 Å². The van der Waals surface area contributed by atoms with Crippen LogP contribution in [0.5, 0.6) is 0 Å². The van der Waals surface area contributed by atoms with Crippen LogP contribution in [0.2, 0.25) is 0 Å². The second-order valence-electron chi connectivity index (χ2n) is 5.09. The quantitative estimate of drug-likeness (QED) is 0.685. The van der Waals surface area contributed by atoms with Gasteiger partial charge in [0.05, 0.1) is 11.5 Å². The van der Waals surface area contributed by atoms with Crippen LogP contribution in [0.4, 0.5) is 0 Å². The van der Waals surface area contributed by atoms with E-state index in [4.69, 9.17) is 5.11 Å². The van der Waals surface area contributed by atoms with E-state index in [9.17, 15) is 13.8 Å². The van der Waals surface area contributed by atoms with Gasteiger partial charge in [-0.15, -0.1) is 0 Å². The molecule has 1 aromatic heterocycles. The van der Waals surface area contributed by atoms with Gasteiger partial charge in [-0.05, 0) is 5.92 Å². The molecule has 2 N–H and O–H groups in total. The van der Waals surface area contributed by atoms with Gasteiger partial charge < -0.3 is 10.4 Å². The Morgan fingerprint density at radius 2 is 2.14 bits per heavy atom. The lowest BCUT2D eigenvalue weighted by Crippen LogP contribution is -2.43. The molecule has 2 unspecified atom stereocenters. The number of hydrogen-bond acceptors (Lipinski definition) is 5. The lowest BCUT2D eigenvalue weighted by atomic mass is 10.2. The number of carbonyl (C=O) groups excluding carboxylic acids is 1. The Morgan fingerprint density at radius 3 is 2.67 bits per heavy atom. The van der Waals surface area contributed by atoms with E-state index in [-0.39, 0.29) is 11.5 Å². The Kier molecular flexibility index (Phi) is 6.47. The standard InChI is InChI=1S/C12H20N4O4S/c1-8(2)4-16-11(13-7-14-16)6-21(20)5-10(12(18)19)15-9(3)17/h7-8,10H,4-6H2,1-3H3,(H,15,17)(H,18,19). The average molecular weight is 316 g/mol. The molecule has 0 fully saturated rings. The van der Waals surface area contributed by atoms with Crippen LogP contribution in [0.3, 0.4) is 0 Å². The molecule has 0 aliphatic rings. The van der Waals surface area contributed by atoms with Crippen LogP contribution in [-0.4, -0.2) is 47.8 Å². The molecular formula is C12H20N4O4S. The summed E-state index contributed by atoms with van der Waals surface area (Å²) in [4.78, 5) is 26.0. The van der Waals surface area contributed by atoms with E-state index in [0.717, 1.165) is 0 Å². The zero-order chi connectivity index (χ0) is 16.0. The van der Waals surface area contributed by atoms with E-state index in [1.54, 1.807) is 4.68 Å². The Labute approximate surface area is 125 Å². The second-order valence-corrected chi connectivity index (χ2v) is 6.60. The number of carbonyl (C=O) groups is 2. The molecule has 2 atom stereocenters. The van der Waals surface area contributed by atoms with Crippen LogP contribution in [0.25, 0.3) is 0 Å². The highest BCUT2D eigenvalue weighted by Crippen LogP contribution is 2.05. The van der Waals surface area contributed by atoms with Crippen molar-refractivity contribution in [3.63, 3.8) is 0 Å².